The van der Waals surface area contributed by atoms with Crippen LogP contribution in [-0.4, -0.2) is 27.2 Å². The zero-order chi connectivity index (χ0) is 23.8. The highest BCUT2D eigenvalue weighted by Gasteiger charge is 2.31. The fraction of sp³-hybridized carbons (Fsp3) is 0.130. The minimum Gasteiger partial charge on any atom is -0.466 e. The number of nitrogens with zero attached hydrogens (tertiary/aromatic N) is 3. The molecule has 0 N–H and O–H groups in total. The lowest BCUT2D eigenvalue weighted by Crippen LogP contribution is -2.39. The minimum atomic E-state index is -4.68. The third kappa shape index (κ3) is 4.02. The molecule has 33 heavy (non-hydrogen) atoms. The van der Waals surface area contributed by atoms with E-state index in [-0.39, 0.29) is 23.1 Å². The number of fused-ring (bicyclic) bond motifs is 2. The number of carbonyl (C=O) groups excluding carboxylic acids is 1. The van der Waals surface area contributed by atoms with E-state index in [9.17, 15) is 27.6 Å². The molecule has 0 amide bonds. The number of esters is 1. The Hall–Kier alpha value is -4.21. The summed E-state index contributed by atoms with van der Waals surface area (Å²) in [7, 11) is 1.18. The van der Waals surface area contributed by atoms with E-state index in [0.29, 0.717) is 16.8 Å². The Balaban J connectivity index is 2.08. The lowest BCUT2D eigenvalue weighted by atomic mass is 10.1. The number of halogens is 3. The van der Waals surface area contributed by atoms with Crippen LogP contribution in [0.1, 0.15) is 5.56 Å². The molecule has 4 aromatic rings. The summed E-state index contributed by atoms with van der Waals surface area (Å²) in [6.45, 7) is -0.186. The maximum atomic E-state index is 13.4. The van der Waals surface area contributed by atoms with Gasteiger partial charge in [-0.25, -0.2) is 14.2 Å². The van der Waals surface area contributed by atoms with Gasteiger partial charge in [-0.1, -0.05) is 30.3 Å². The Bertz CT molecular complexity index is 1530. The Morgan fingerprint density at radius 2 is 1.85 bits per heavy atom. The Kier molecular flexibility index (Phi) is 5.59. The van der Waals surface area contributed by atoms with E-state index in [1.54, 1.807) is 30.5 Å². The summed E-state index contributed by atoms with van der Waals surface area (Å²) in [6.07, 6.45) is 0.569. The van der Waals surface area contributed by atoms with Gasteiger partial charge < -0.3 is 4.74 Å². The van der Waals surface area contributed by atoms with E-state index in [0.717, 1.165) is 27.3 Å². The topological polar surface area (TPSA) is 83.2 Å². The number of allylic oxidation sites excluding steroid dienone is 1. The fourth-order valence-corrected chi connectivity index (χ4v) is 3.54. The first-order valence-corrected chi connectivity index (χ1v) is 9.67. The van der Waals surface area contributed by atoms with Gasteiger partial charge in [0.2, 0.25) is 0 Å². The third-order valence-electron chi connectivity index (χ3n) is 5.10. The number of pyridine rings is 1. The van der Waals surface area contributed by atoms with Crippen LogP contribution in [0, 0.1) is 0 Å². The molecule has 0 aliphatic rings. The molecular weight excluding hydrogens is 439 g/mol. The molecule has 0 saturated carbocycles. The average Bonchev–Trinajstić information content (AvgIpc) is 2.80. The summed E-state index contributed by atoms with van der Waals surface area (Å²) in [4.78, 5) is 42.2. The summed E-state index contributed by atoms with van der Waals surface area (Å²) in [5.74, 6) is -0.668. The van der Waals surface area contributed by atoms with Crippen molar-refractivity contribution in [2.45, 2.75) is 12.7 Å². The second kappa shape index (κ2) is 8.38. The van der Waals surface area contributed by atoms with Gasteiger partial charge in [0, 0.05) is 29.6 Å². The molecule has 0 aliphatic carbocycles. The zero-order valence-corrected chi connectivity index (χ0v) is 17.2. The molecule has 0 saturated heterocycles. The molecule has 0 atom stereocenters. The highest BCUT2D eigenvalue weighted by atomic mass is 19.4. The number of rotatable bonds is 4. The van der Waals surface area contributed by atoms with Gasteiger partial charge in [-0.15, -0.1) is 0 Å². The summed E-state index contributed by atoms with van der Waals surface area (Å²) in [5.41, 5.74) is -2.59. The number of ether oxygens (including phenoxy) is 1. The molecule has 2 aromatic heterocycles. The molecule has 0 radical (unpaired) electrons. The van der Waals surface area contributed by atoms with Gasteiger partial charge in [0.15, 0.2) is 0 Å². The molecule has 168 valence electrons. The first-order chi connectivity index (χ1) is 15.7. The molecule has 0 spiro atoms. The van der Waals surface area contributed by atoms with E-state index in [4.69, 9.17) is 0 Å². The van der Waals surface area contributed by atoms with Gasteiger partial charge in [0.1, 0.15) is 0 Å². The van der Waals surface area contributed by atoms with E-state index >= 15 is 0 Å². The Morgan fingerprint density at radius 3 is 2.58 bits per heavy atom. The summed E-state index contributed by atoms with van der Waals surface area (Å²) in [6, 6.07) is 9.45. The van der Waals surface area contributed by atoms with Crippen LogP contribution in [-0.2, 0) is 22.3 Å². The van der Waals surface area contributed by atoms with Crippen LogP contribution in [0.2, 0.25) is 0 Å². The van der Waals surface area contributed by atoms with E-state index in [1.165, 1.54) is 19.4 Å². The second-order valence-electron chi connectivity index (χ2n) is 7.07. The SMILES string of the molecule is COC(=O)/C=C/Cn1c(=O)n(-c2cncc3ccccc23)c(=O)c2cc(C(F)(F)F)ccc21. The van der Waals surface area contributed by atoms with Gasteiger partial charge in [-0.2, -0.15) is 13.2 Å². The maximum Gasteiger partial charge on any atom is 0.416 e. The van der Waals surface area contributed by atoms with Gasteiger partial charge in [0.25, 0.3) is 5.56 Å². The van der Waals surface area contributed by atoms with Crippen LogP contribution in [0.15, 0.2) is 76.6 Å². The van der Waals surface area contributed by atoms with Crippen LogP contribution in [0.4, 0.5) is 13.2 Å². The first-order valence-electron chi connectivity index (χ1n) is 9.67. The number of carbonyl (C=O) groups is 1. The molecule has 10 heteroatoms. The normalized spacial score (nSPS) is 12.0. The maximum absolute atomic E-state index is 13.4. The number of hydrogen-bond donors (Lipinski definition) is 0. The minimum absolute atomic E-state index is 0.00281. The standard InChI is InChI=1S/C23H16F3N3O4/c1-33-20(30)7-4-10-28-18-9-8-15(23(24,25)26)11-17(18)21(31)29(22(28)32)19-13-27-12-14-5-2-3-6-16(14)19/h2-9,11-13H,10H2,1H3/b7-4+. The summed E-state index contributed by atoms with van der Waals surface area (Å²) >= 11 is 0. The van der Waals surface area contributed by atoms with Crippen molar-refractivity contribution >= 4 is 27.6 Å². The van der Waals surface area contributed by atoms with Crippen molar-refractivity contribution in [2.24, 2.45) is 0 Å². The quantitative estimate of drug-likeness (QED) is 0.348. The molecule has 4 rings (SSSR count). The van der Waals surface area contributed by atoms with Crippen molar-refractivity contribution in [2.75, 3.05) is 7.11 Å². The van der Waals surface area contributed by atoms with E-state index in [2.05, 4.69) is 9.72 Å². The van der Waals surface area contributed by atoms with Crippen molar-refractivity contribution in [1.82, 2.24) is 14.1 Å². The van der Waals surface area contributed by atoms with E-state index < -0.39 is 29.0 Å². The molecule has 2 heterocycles. The number of aromatic nitrogens is 3. The molecule has 0 bridgehead atoms. The molecule has 0 unspecified atom stereocenters. The second-order valence-corrected chi connectivity index (χ2v) is 7.07. The largest absolute Gasteiger partial charge is 0.466 e. The lowest BCUT2D eigenvalue weighted by molar-refractivity contribution is -0.137. The third-order valence-corrected chi connectivity index (χ3v) is 5.10. The zero-order valence-electron chi connectivity index (χ0n) is 17.2. The van der Waals surface area contributed by atoms with Crippen molar-refractivity contribution in [3.05, 3.63) is 93.4 Å². The molecule has 2 aromatic carbocycles. The molecule has 0 aliphatic heterocycles. The van der Waals surface area contributed by atoms with Gasteiger partial charge in [-0.05, 0) is 18.2 Å². The number of benzene rings is 2. The van der Waals surface area contributed by atoms with Crippen LogP contribution in [0.25, 0.3) is 27.4 Å². The lowest BCUT2D eigenvalue weighted by Gasteiger charge is -2.15. The number of methoxy groups -OCH3 is 1. The van der Waals surface area contributed by atoms with Crippen molar-refractivity contribution in [3.8, 4) is 5.69 Å². The molecular formula is C23H16F3N3O4. The van der Waals surface area contributed by atoms with Crippen molar-refractivity contribution < 1.29 is 22.7 Å². The van der Waals surface area contributed by atoms with E-state index in [1.807, 2.05) is 0 Å². The van der Waals surface area contributed by atoms with Gasteiger partial charge in [0.05, 0.1) is 35.5 Å². The van der Waals surface area contributed by atoms with Crippen LogP contribution >= 0.6 is 0 Å². The van der Waals surface area contributed by atoms with Crippen LogP contribution in [0.3, 0.4) is 0 Å². The van der Waals surface area contributed by atoms with Crippen molar-refractivity contribution in [1.29, 1.82) is 0 Å². The summed E-state index contributed by atoms with van der Waals surface area (Å²) < 4.78 is 46.4. The average molecular weight is 455 g/mol. The predicted molar refractivity (Wildman–Crippen MR) is 115 cm³/mol. The monoisotopic (exact) mass is 455 g/mol. The Morgan fingerprint density at radius 1 is 1.09 bits per heavy atom. The highest BCUT2D eigenvalue weighted by Crippen LogP contribution is 2.30. The number of alkyl halides is 3. The van der Waals surface area contributed by atoms with Crippen LogP contribution in [0.5, 0.6) is 0 Å². The first kappa shape index (κ1) is 22.0. The van der Waals surface area contributed by atoms with Crippen molar-refractivity contribution in [3.63, 3.8) is 0 Å². The fourth-order valence-electron chi connectivity index (χ4n) is 3.54. The molecule has 7 nitrogen and oxygen atoms in total. The summed E-state index contributed by atoms with van der Waals surface area (Å²) in [5, 5.41) is 0.862. The highest BCUT2D eigenvalue weighted by molar-refractivity contribution is 5.89. The number of hydrogen-bond acceptors (Lipinski definition) is 5. The smallest absolute Gasteiger partial charge is 0.416 e. The predicted octanol–water partition coefficient (Wildman–Crippen LogP) is 3.45. The Labute approximate surface area is 184 Å². The van der Waals surface area contributed by atoms with Gasteiger partial charge >= 0.3 is 17.8 Å². The van der Waals surface area contributed by atoms with Crippen LogP contribution < -0.4 is 11.2 Å². The van der Waals surface area contributed by atoms with Gasteiger partial charge in [-0.3, -0.25) is 14.3 Å². The molecule has 0 fully saturated rings.